The number of rotatable bonds is 5. The van der Waals surface area contributed by atoms with E-state index in [4.69, 9.17) is 26.4 Å². The van der Waals surface area contributed by atoms with Gasteiger partial charge in [-0.1, -0.05) is 12.1 Å². The monoisotopic (exact) mass is 304 g/mol. The van der Waals surface area contributed by atoms with E-state index in [1.165, 1.54) is 0 Å². The zero-order valence-corrected chi connectivity index (χ0v) is 11.9. The Morgan fingerprint density at radius 1 is 1.13 bits per heavy atom. The minimum atomic E-state index is -0.425. The molecule has 0 radical (unpaired) electrons. The Bertz CT molecular complexity index is 827. The second-order valence-corrected chi connectivity index (χ2v) is 4.33. The zero-order chi connectivity index (χ0) is 16.7. The van der Waals surface area contributed by atoms with Crippen LogP contribution < -0.4 is 15.9 Å². The topological polar surface area (TPSA) is 131 Å². The highest BCUT2D eigenvalue weighted by atomic mass is 16.5. The van der Waals surface area contributed by atoms with Gasteiger partial charge in [0.15, 0.2) is 11.6 Å². The molecule has 7 nitrogen and oxygen atoms in total. The van der Waals surface area contributed by atoms with Gasteiger partial charge in [-0.05, 0) is 36.4 Å². The second kappa shape index (κ2) is 7.25. The highest BCUT2D eigenvalue weighted by Crippen LogP contribution is 2.29. The predicted molar refractivity (Wildman–Crippen MR) is 86.3 cm³/mol. The van der Waals surface area contributed by atoms with Gasteiger partial charge < -0.3 is 10.5 Å². The first kappa shape index (κ1) is 15.5. The normalized spacial score (nSPS) is 10.3. The Balaban J connectivity index is 2.22. The number of benzene rings is 2. The standard InChI is InChI=1S/C16H12N6O/c17-9-11-5-7-12(8-6-11)23-15-4-2-1-3-13(15)21-22-14(10-18)16(19)20/h1-8,21H,(H3,19,20)/b22-14+. The van der Waals surface area contributed by atoms with E-state index in [0.29, 0.717) is 22.7 Å². The number of nitrogens with two attached hydrogens (primary N) is 1. The molecule has 0 fully saturated rings. The van der Waals surface area contributed by atoms with Crippen molar-refractivity contribution in [1.29, 1.82) is 15.9 Å². The molecular weight excluding hydrogens is 292 g/mol. The average Bonchev–Trinajstić information content (AvgIpc) is 2.57. The van der Waals surface area contributed by atoms with Crippen molar-refractivity contribution in [2.24, 2.45) is 10.8 Å². The molecule has 0 saturated heterocycles. The van der Waals surface area contributed by atoms with Gasteiger partial charge in [0.1, 0.15) is 11.8 Å². The van der Waals surface area contributed by atoms with Crippen LogP contribution in [0.1, 0.15) is 5.56 Å². The molecule has 4 N–H and O–H groups in total. The lowest BCUT2D eigenvalue weighted by molar-refractivity contribution is 0.484. The van der Waals surface area contributed by atoms with Crippen molar-refractivity contribution in [1.82, 2.24) is 0 Å². The summed E-state index contributed by atoms with van der Waals surface area (Å²) in [6.45, 7) is 0. The highest BCUT2D eigenvalue weighted by Gasteiger charge is 2.06. The molecule has 0 saturated carbocycles. The minimum Gasteiger partial charge on any atom is -0.455 e. The average molecular weight is 304 g/mol. The second-order valence-electron chi connectivity index (χ2n) is 4.33. The zero-order valence-electron chi connectivity index (χ0n) is 11.9. The Morgan fingerprint density at radius 3 is 2.43 bits per heavy atom. The molecule has 0 aliphatic carbocycles. The fourth-order valence-electron chi connectivity index (χ4n) is 1.63. The first-order valence-electron chi connectivity index (χ1n) is 6.49. The van der Waals surface area contributed by atoms with Gasteiger partial charge in [0.05, 0.1) is 17.3 Å². The molecule has 0 aliphatic rings. The molecule has 2 aromatic rings. The quantitative estimate of drug-likeness (QED) is 0.444. The maximum atomic E-state index is 8.83. The third-order valence-electron chi connectivity index (χ3n) is 2.75. The van der Waals surface area contributed by atoms with Crippen molar-refractivity contribution >= 4 is 17.2 Å². The molecule has 112 valence electrons. The Hall–Kier alpha value is -3.84. The summed E-state index contributed by atoms with van der Waals surface area (Å²) in [5.74, 6) is 0.599. The van der Waals surface area contributed by atoms with Crippen molar-refractivity contribution < 1.29 is 4.74 Å². The first-order chi connectivity index (χ1) is 11.1. The number of hydrazone groups is 1. The summed E-state index contributed by atoms with van der Waals surface area (Å²) in [5.41, 5.74) is 8.71. The van der Waals surface area contributed by atoms with Gasteiger partial charge in [-0.2, -0.15) is 15.6 Å². The Kier molecular flexibility index (Phi) is 4.90. The predicted octanol–water partition coefficient (Wildman–Crippen LogP) is 2.58. The smallest absolute Gasteiger partial charge is 0.201 e. The van der Waals surface area contributed by atoms with Crippen molar-refractivity contribution in [2.45, 2.75) is 0 Å². The van der Waals surface area contributed by atoms with Gasteiger partial charge in [-0.15, -0.1) is 0 Å². The largest absolute Gasteiger partial charge is 0.455 e. The van der Waals surface area contributed by atoms with Crippen LogP contribution in [0, 0.1) is 28.1 Å². The molecule has 0 amide bonds. The summed E-state index contributed by atoms with van der Waals surface area (Å²) >= 11 is 0. The molecule has 0 unspecified atom stereocenters. The fourth-order valence-corrected chi connectivity index (χ4v) is 1.63. The van der Waals surface area contributed by atoms with E-state index >= 15 is 0 Å². The summed E-state index contributed by atoms with van der Waals surface area (Å²) < 4.78 is 5.73. The van der Waals surface area contributed by atoms with Crippen LogP contribution >= 0.6 is 0 Å². The van der Waals surface area contributed by atoms with Crippen LogP contribution in [-0.2, 0) is 0 Å². The number of hydrogen-bond acceptors (Lipinski definition) is 6. The third-order valence-corrected chi connectivity index (χ3v) is 2.75. The number of nitrogens with one attached hydrogen (secondary N) is 2. The van der Waals surface area contributed by atoms with Crippen molar-refractivity contribution in [3.05, 3.63) is 54.1 Å². The van der Waals surface area contributed by atoms with Gasteiger partial charge in [-0.25, -0.2) is 0 Å². The molecule has 0 bridgehead atoms. The van der Waals surface area contributed by atoms with Crippen molar-refractivity contribution in [3.63, 3.8) is 0 Å². The molecule has 0 heterocycles. The van der Waals surface area contributed by atoms with Crippen LogP contribution in [0.5, 0.6) is 11.5 Å². The minimum absolute atomic E-state index is 0.224. The van der Waals surface area contributed by atoms with E-state index < -0.39 is 5.84 Å². The maximum absolute atomic E-state index is 8.83. The number of nitrogens with zero attached hydrogens (tertiary/aromatic N) is 3. The van der Waals surface area contributed by atoms with Gasteiger partial charge in [-0.3, -0.25) is 10.8 Å². The number of ether oxygens (including phenoxy) is 1. The third kappa shape index (κ3) is 4.06. The van der Waals surface area contributed by atoms with E-state index in [1.54, 1.807) is 54.6 Å². The first-order valence-corrected chi connectivity index (χ1v) is 6.49. The number of hydrogen-bond donors (Lipinski definition) is 3. The van der Waals surface area contributed by atoms with Gasteiger partial charge in [0.2, 0.25) is 5.71 Å². The molecule has 0 aliphatic heterocycles. The van der Waals surface area contributed by atoms with E-state index in [2.05, 4.69) is 10.5 Å². The van der Waals surface area contributed by atoms with Crippen LogP contribution in [0.15, 0.2) is 53.6 Å². The van der Waals surface area contributed by atoms with Crippen LogP contribution in [0.3, 0.4) is 0 Å². The highest BCUT2D eigenvalue weighted by molar-refractivity contribution is 6.45. The summed E-state index contributed by atoms with van der Waals surface area (Å²) in [6.07, 6.45) is 0. The van der Waals surface area contributed by atoms with Crippen molar-refractivity contribution in [2.75, 3.05) is 5.43 Å². The number of amidine groups is 1. The molecule has 2 aromatic carbocycles. The Labute approximate surface area is 132 Å². The van der Waals surface area contributed by atoms with E-state index in [0.717, 1.165) is 0 Å². The molecule has 0 atom stereocenters. The molecule has 0 aromatic heterocycles. The van der Waals surface area contributed by atoms with Crippen LogP contribution in [0.25, 0.3) is 0 Å². The summed E-state index contributed by atoms with van der Waals surface area (Å²) in [7, 11) is 0. The maximum Gasteiger partial charge on any atom is 0.201 e. The summed E-state index contributed by atoms with van der Waals surface area (Å²) in [5, 5.41) is 28.6. The lowest BCUT2D eigenvalue weighted by Gasteiger charge is -2.10. The number of para-hydroxylation sites is 2. The lowest BCUT2D eigenvalue weighted by Crippen LogP contribution is -2.21. The number of anilines is 1. The summed E-state index contributed by atoms with van der Waals surface area (Å²) in [6, 6.07) is 17.4. The SMILES string of the molecule is N#C/C(=N\Nc1ccccc1Oc1ccc(C#N)cc1)C(=N)N. The van der Waals surface area contributed by atoms with E-state index in [-0.39, 0.29) is 5.71 Å². The van der Waals surface area contributed by atoms with E-state index in [9.17, 15) is 0 Å². The Morgan fingerprint density at radius 2 is 1.83 bits per heavy atom. The van der Waals surface area contributed by atoms with Crippen LogP contribution in [0.2, 0.25) is 0 Å². The lowest BCUT2D eigenvalue weighted by atomic mass is 10.2. The molecule has 2 rings (SSSR count). The molecule has 0 spiro atoms. The molecule has 7 heteroatoms. The van der Waals surface area contributed by atoms with Crippen molar-refractivity contribution in [3.8, 4) is 23.6 Å². The summed E-state index contributed by atoms with van der Waals surface area (Å²) in [4.78, 5) is 0. The van der Waals surface area contributed by atoms with Crippen LogP contribution in [-0.4, -0.2) is 11.5 Å². The van der Waals surface area contributed by atoms with Gasteiger partial charge >= 0.3 is 0 Å². The van der Waals surface area contributed by atoms with Crippen LogP contribution in [0.4, 0.5) is 5.69 Å². The molecular formula is C16H12N6O. The van der Waals surface area contributed by atoms with Gasteiger partial charge in [0, 0.05) is 0 Å². The molecule has 23 heavy (non-hydrogen) atoms. The fraction of sp³-hybridized carbons (Fsp3) is 0. The van der Waals surface area contributed by atoms with Gasteiger partial charge in [0.25, 0.3) is 0 Å². The number of nitriles is 2. The van der Waals surface area contributed by atoms with E-state index in [1.807, 2.05) is 6.07 Å².